The molecule has 2 aliphatic rings. The second kappa shape index (κ2) is 5.29. The number of phenolic OH excluding ortho intramolecular Hbond substituents is 1. The fourth-order valence-corrected chi connectivity index (χ4v) is 3.11. The Morgan fingerprint density at radius 1 is 1.11 bits per heavy atom. The van der Waals surface area contributed by atoms with Gasteiger partial charge in [-0.15, -0.1) is 0 Å². The lowest BCUT2D eigenvalue weighted by atomic mass is 9.88. The highest BCUT2D eigenvalue weighted by Crippen LogP contribution is 2.32. The average molecular weight is 247 g/mol. The van der Waals surface area contributed by atoms with E-state index in [-0.39, 0.29) is 6.04 Å². The van der Waals surface area contributed by atoms with E-state index in [1.807, 2.05) is 12.1 Å². The van der Waals surface area contributed by atoms with Gasteiger partial charge in [0.05, 0.1) is 12.1 Å². The molecule has 1 saturated carbocycles. The molecule has 3 heteroatoms. The lowest BCUT2D eigenvalue weighted by Crippen LogP contribution is -2.29. The van der Waals surface area contributed by atoms with E-state index >= 15 is 0 Å². The smallest absolute Gasteiger partial charge is 0.115 e. The van der Waals surface area contributed by atoms with Crippen LogP contribution in [0.3, 0.4) is 0 Å². The largest absolute Gasteiger partial charge is 0.508 e. The number of aromatic hydroxyl groups is 1. The molecule has 1 atom stereocenters. The van der Waals surface area contributed by atoms with Crippen molar-refractivity contribution < 1.29 is 9.94 Å². The fourth-order valence-electron chi connectivity index (χ4n) is 3.11. The quantitative estimate of drug-likeness (QED) is 0.806. The van der Waals surface area contributed by atoms with Crippen LogP contribution in [0.4, 0.5) is 0 Å². The van der Waals surface area contributed by atoms with Crippen LogP contribution < -0.4 is 5.48 Å². The van der Waals surface area contributed by atoms with Crippen LogP contribution in [-0.4, -0.2) is 11.2 Å². The Morgan fingerprint density at radius 3 is 2.78 bits per heavy atom. The highest BCUT2D eigenvalue weighted by atomic mass is 16.7. The van der Waals surface area contributed by atoms with E-state index in [4.69, 9.17) is 4.84 Å². The average Bonchev–Trinajstić information content (AvgIpc) is 2.89. The Bertz CT molecular complexity index is 413. The molecule has 98 valence electrons. The van der Waals surface area contributed by atoms with Crippen LogP contribution >= 0.6 is 0 Å². The molecule has 0 spiro atoms. The van der Waals surface area contributed by atoms with Gasteiger partial charge in [0, 0.05) is 0 Å². The second-order valence-electron chi connectivity index (χ2n) is 5.47. The maximum absolute atomic E-state index is 9.53. The first-order chi connectivity index (χ1) is 8.83. The van der Waals surface area contributed by atoms with Gasteiger partial charge in [-0.05, 0) is 55.4 Å². The molecule has 0 bridgehead atoms. The Morgan fingerprint density at radius 2 is 1.94 bits per heavy atom. The van der Waals surface area contributed by atoms with Gasteiger partial charge < -0.3 is 5.11 Å². The zero-order chi connectivity index (χ0) is 12.4. The Labute approximate surface area is 108 Å². The number of rotatable bonds is 3. The summed E-state index contributed by atoms with van der Waals surface area (Å²) in [6.07, 6.45) is 8.68. The maximum atomic E-state index is 9.53. The Hall–Kier alpha value is -1.06. The van der Waals surface area contributed by atoms with E-state index in [9.17, 15) is 5.11 Å². The van der Waals surface area contributed by atoms with Gasteiger partial charge in [-0.25, -0.2) is 0 Å². The number of nitrogens with one attached hydrogen (secondary N) is 1. The summed E-state index contributed by atoms with van der Waals surface area (Å²) >= 11 is 0. The van der Waals surface area contributed by atoms with Gasteiger partial charge in [-0.3, -0.25) is 4.84 Å². The number of hydroxylamine groups is 1. The molecular weight excluding hydrogens is 226 g/mol. The highest BCUT2D eigenvalue weighted by molar-refractivity contribution is 5.38. The molecule has 0 aliphatic heterocycles. The van der Waals surface area contributed by atoms with Crippen LogP contribution in [-0.2, 0) is 11.3 Å². The molecule has 0 heterocycles. The van der Waals surface area contributed by atoms with E-state index < -0.39 is 0 Å². The molecule has 0 saturated heterocycles. The van der Waals surface area contributed by atoms with E-state index in [2.05, 4.69) is 5.48 Å². The second-order valence-corrected chi connectivity index (χ2v) is 5.47. The van der Waals surface area contributed by atoms with Crippen molar-refractivity contribution in [1.29, 1.82) is 0 Å². The summed E-state index contributed by atoms with van der Waals surface area (Å²) in [6.45, 7) is 0. The lowest BCUT2D eigenvalue weighted by Gasteiger charge is -2.27. The van der Waals surface area contributed by atoms with E-state index in [0.29, 0.717) is 11.9 Å². The zero-order valence-corrected chi connectivity index (χ0v) is 10.7. The van der Waals surface area contributed by atoms with Crippen molar-refractivity contribution >= 4 is 0 Å². The van der Waals surface area contributed by atoms with Gasteiger partial charge in [-0.1, -0.05) is 18.9 Å². The summed E-state index contributed by atoms with van der Waals surface area (Å²) < 4.78 is 0. The fraction of sp³-hybridized carbons (Fsp3) is 0.600. The number of phenols is 1. The summed E-state index contributed by atoms with van der Waals surface area (Å²) in [4.78, 5) is 5.82. The molecule has 0 amide bonds. The molecule has 1 aromatic rings. The number of benzene rings is 1. The molecule has 1 fully saturated rings. The molecule has 0 aromatic heterocycles. The first kappa shape index (κ1) is 12.0. The first-order valence-electron chi connectivity index (χ1n) is 7.06. The van der Waals surface area contributed by atoms with E-state index in [0.717, 1.165) is 19.3 Å². The van der Waals surface area contributed by atoms with Gasteiger partial charge in [0.2, 0.25) is 0 Å². The standard InChI is InChI=1S/C15H21NO2/c17-12-8-9-14-11(10-12)4-3-7-15(14)16-18-13-5-1-2-6-13/h8-10,13,15-17H,1-7H2. The maximum Gasteiger partial charge on any atom is 0.115 e. The Kier molecular flexibility index (Phi) is 3.52. The van der Waals surface area contributed by atoms with Gasteiger partial charge in [0.1, 0.15) is 5.75 Å². The lowest BCUT2D eigenvalue weighted by molar-refractivity contribution is -0.0436. The number of hydrogen-bond acceptors (Lipinski definition) is 3. The van der Waals surface area contributed by atoms with Crippen LogP contribution in [0.1, 0.15) is 55.7 Å². The topological polar surface area (TPSA) is 41.5 Å². The van der Waals surface area contributed by atoms with Crippen molar-refractivity contribution in [1.82, 2.24) is 5.48 Å². The van der Waals surface area contributed by atoms with Gasteiger partial charge in [0.15, 0.2) is 0 Å². The molecule has 2 aliphatic carbocycles. The van der Waals surface area contributed by atoms with Crippen LogP contribution in [0, 0.1) is 0 Å². The van der Waals surface area contributed by atoms with E-state index in [1.54, 1.807) is 6.07 Å². The molecule has 0 radical (unpaired) electrons. The monoisotopic (exact) mass is 247 g/mol. The first-order valence-corrected chi connectivity index (χ1v) is 7.06. The van der Waals surface area contributed by atoms with Gasteiger partial charge in [0.25, 0.3) is 0 Å². The van der Waals surface area contributed by atoms with Crippen molar-refractivity contribution in [2.24, 2.45) is 0 Å². The predicted octanol–water partition coefficient (Wildman–Crippen LogP) is 3.23. The third kappa shape index (κ3) is 2.52. The number of fused-ring (bicyclic) bond motifs is 1. The molecule has 3 rings (SSSR count). The molecule has 1 unspecified atom stereocenters. The number of aryl methyl sites for hydroxylation is 1. The molecule has 3 nitrogen and oxygen atoms in total. The summed E-state index contributed by atoms with van der Waals surface area (Å²) in [5.74, 6) is 0.367. The number of hydrogen-bond donors (Lipinski definition) is 2. The van der Waals surface area contributed by atoms with Gasteiger partial charge >= 0.3 is 0 Å². The van der Waals surface area contributed by atoms with Crippen LogP contribution in [0.5, 0.6) is 5.75 Å². The van der Waals surface area contributed by atoms with Crippen LogP contribution in [0.25, 0.3) is 0 Å². The predicted molar refractivity (Wildman–Crippen MR) is 70.3 cm³/mol. The summed E-state index contributed by atoms with van der Waals surface area (Å²) in [5.41, 5.74) is 5.80. The zero-order valence-electron chi connectivity index (χ0n) is 10.7. The third-order valence-corrected chi connectivity index (χ3v) is 4.12. The summed E-state index contributed by atoms with van der Waals surface area (Å²) in [7, 11) is 0. The minimum absolute atomic E-state index is 0.287. The van der Waals surface area contributed by atoms with E-state index in [1.165, 1.54) is 36.8 Å². The molecular formula is C15H21NO2. The summed E-state index contributed by atoms with van der Waals surface area (Å²) in [5, 5.41) is 9.53. The third-order valence-electron chi connectivity index (χ3n) is 4.12. The minimum atomic E-state index is 0.287. The van der Waals surface area contributed by atoms with Crippen LogP contribution in [0.15, 0.2) is 18.2 Å². The molecule has 18 heavy (non-hydrogen) atoms. The highest BCUT2D eigenvalue weighted by Gasteiger charge is 2.23. The van der Waals surface area contributed by atoms with Crippen molar-refractivity contribution in [3.8, 4) is 5.75 Å². The SMILES string of the molecule is Oc1ccc2c(c1)CCCC2NOC1CCCC1. The van der Waals surface area contributed by atoms with Crippen molar-refractivity contribution in [2.45, 2.75) is 57.1 Å². The molecule has 2 N–H and O–H groups in total. The Balaban J connectivity index is 1.67. The summed E-state index contributed by atoms with van der Waals surface area (Å²) in [6, 6.07) is 5.97. The van der Waals surface area contributed by atoms with Crippen LogP contribution in [0.2, 0.25) is 0 Å². The van der Waals surface area contributed by atoms with Gasteiger partial charge in [-0.2, -0.15) is 5.48 Å². The van der Waals surface area contributed by atoms with Crippen molar-refractivity contribution in [2.75, 3.05) is 0 Å². The minimum Gasteiger partial charge on any atom is -0.508 e. The van der Waals surface area contributed by atoms with Crippen molar-refractivity contribution in [3.05, 3.63) is 29.3 Å². The molecule has 1 aromatic carbocycles. The normalized spacial score (nSPS) is 24.1. The van der Waals surface area contributed by atoms with Crippen molar-refractivity contribution in [3.63, 3.8) is 0 Å².